The van der Waals surface area contributed by atoms with E-state index in [2.05, 4.69) is 6.58 Å². The van der Waals surface area contributed by atoms with Crippen molar-refractivity contribution in [2.45, 2.75) is 25.8 Å². The van der Waals surface area contributed by atoms with Crippen LogP contribution in [0, 0.1) is 23.3 Å². The first-order valence-corrected chi connectivity index (χ1v) is 9.40. The molecule has 0 N–H and O–H groups in total. The molecule has 0 fully saturated rings. The van der Waals surface area contributed by atoms with Gasteiger partial charge in [0.25, 0.3) is 0 Å². The molecule has 0 saturated heterocycles. The van der Waals surface area contributed by atoms with Crippen LogP contribution in [-0.2, 0) is 20.9 Å². The summed E-state index contributed by atoms with van der Waals surface area (Å²) in [6, 6.07) is 5.73. The Morgan fingerprint density at radius 2 is 1.81 bits per heavy atom. The van der Waals surface area contributed by atoms with E-state index in [-0.39, 0.29) is 42.0 Å². The molecule has 1 amide bonds. The minimum Gasteiger partial charge on any atom is -0.458 e. The van der Waals surface area contributed by atoms with Crippen molar-refractivity contribution in [3.8, 4) is 0 Å². The van der Waals surface area contributed by atoms with Gasteiger partial charge in [-0.1, -0.05) is 18.7 Å². The molecule has 0 aliphatic carbocycles. The van der Waals surface area contributed by atoms with Crippen LogP contribution in [0.4, 0.5) is 17.6 Å². The first-order chi connectivity index (χ1) is 14.7. The number of hydrogen-bond donors (Lipinski definition) is 0. The molecule has 1 unspecified atom stereocenters. The maximum Gasteiger partial charge on any atom is 0.336 e. The molecule has 1 heterocycles. The molecule has 2 aromatic carbocycles. The SMILES string of the molecule is C=CCOC(=O)C1=C(C)N(Cc2cc(F)cc(F)c2)C(=O)CC1c1ccc(F)cc1F. The molecule has 3 rings (SSSR count). The Labute approximate surface area is 176 Å². The number of amides is 1. The summed E-state index contributed by atoms with van der Waals surface area (Å²) >= 11 is 0. The Morgan fingerprint density at radius 1 is 1.13 bits per heavy atom. The largest absolute Gasteiger partial charge is 0.458 e. The van der Waals surface area contributed by atoms with Gasteiger partial charge in [0, 0.05) is 30.2 Å². The van der Waals surface area contributed by atoms with E-state index in [0.717, 1.165) is 18.2 Å². The Bertz CT molecular complexity index is 1060. The fraction of sp³-hybridized carbons (Fsp3) is 0.217. The van der Waals surface area contributed by atoms with E-state index in [1.54, 1.807) is 0 Å². The number of ether oxygens (including phenoxy) is 1. The average Bonchev–Trinajstić information content (AvgIpc) is 2.68. The van der Waals surface area contributed by atoms with Gasteiger partial charge in [0.2, 0.25) is 5.91 Å². The van der Waals surface area contributed by atoms with Crippen LogP contribution in [0.1, 0.15) is 30.4 Å². The Balaban J connectivity index is 2.07. The summed E-state index contributed by atoms with van der Waals surface area (Å²) in [5.41, 5.74) is 0.305. The van der Waals surface area contributed by atoms with Crippen molar-refractivity contribution in [3.63, 3.8) is 0 Å². The van der Waals surface area contributed by atoms with Gasteiger partial charge in [0.1, 0.15) is 29.9 Å². The Morgan fingerprint density at radius 3 is 2.42 bits per heavy atom. The smallest absolute Gasteiger partial charge is 0.336 e. The van der Waals surface area contributed by atoms with Crippen molar-refractivity contribution in [3.05, 3.63) is 94.7 Å². The summed E-state index contributed by atoms with van der Waals surface area (Å²) in [5.74, 6) is -5.61. The van der Waals surface area contributed by atoms with Gasteiger partial charge in [-0.25, -0.2) is 22.4 Å². The second kappa shape index (κ2) is 9.16. The molecule has 8 heteroatoms. The van der Waals surface area contributed by atoms with Crippen LogP contribution < -0.4 is 0 Å². The summed E-state index contributed by atoms with van der Waals surface area (Å²) in [6.45, 7) is 4.62. The molecule has 1 atom stereocenters. The molecular weight excluding hydrogens is 414 g/mol. The predicted molar refractivity (Wildman–Crippen MR) is 104 cm³/mol. The summed E-state index contributed by atoms with van der Waals surface area (Å²) < 4.78 is 60.1. The first kappa shape index (κ1) is 22.3. The maximum absolute atomic E-state index is 14.5. The van der Waals surface area contributed by atoms with Gasteiger partial charge < -0.3 is 9.64 Å². The van der Waals surface area contributed by atoms with E-state index in [9.17, 15) is 27.2 Å². The number of allylic oxidation sites excluding steroid dienone is 1. The van der Waals surface area contributed by atoms with Crippen LogP contribution in [0.5, 0.6) is 0 Å². The third-order valence-electron chi connectivity index (χ3n) is 4.98. The second-order valence-corrected chi connectivity index (χ2v) is 7.07. The van der Waals surface area contributed by atoms with Gasteiger partial charge in [-0.05, 0) is 36.2 Å². The lowest BCUT2D eigenvalue weighted by molar-refractivity contribution is -0.139. The van der Waals surface area contributed by atoms with Crippen molar-refractivity contribution < 1.29 is 31.9 Å². The zero-order valence-corrected chi connectivity index (χ0v) is 16.6. The molecule has 2 aromatic rings. The van der Waals surface area contributed by atoms with Gasteiger partial charge in [0.05, 0.1) is 12.1 Å². The van der Waals surface area contributed by atoms with Gasteiger partial charge in [-0.15, -0.1) is 0 Å². The Hall–Kier alpha value is -3.42. The van der Waals surface area contributed by atoms with E-state index in [1.165, 1.54) is 24.0 Å². The molecule has 0 aromatic heterocycles. The number of halogens is 4. The van der Waals surface area contributed by atoms with E-state index in [1.807, 2.05) is 0 Å². The van der Waals surface area contributed by atoms with Crippen molar-refractivity contribution in [1.82, 2.24) is 4.90 Å². The molecule has 0 saturated carbocycles. The first-order valence-electron chi connectivity index (χ1n) is 9.40. The van der Waals surface area contributed by atoms with Crippen LogP contribution in [0.15, 0.2) is 60.3 Å². The number of rotatable bonds is 6. The maximum atomic E-state index is 14.5. The van der Waals surface area contributed by atoms with Crippen LogP contribution in [-0.4, -0.2) is 23.4 Å². The monoisotopic (exact) mass is 433 g/mol. The molecular formula is C23H19F4NO3. The normalized spacial score (nSPS) is 16.5. The third kappa shape index (κ3) is 4.84. The van der Waals surface area contributed by atoms with Crippen LogP contribution >= 0.6 is 0 Å². The van der Waals surface area contributed by atoms with Crippen LogP contribution in [0.25, 0.3) is 0 Å². The highest BCUT2D eigenvalue weighted by atomic mass is 19.1. The number of benzene rings is 2. The highest BCUT2D eigenvalue weighted by Gasteiger charge is 2.38. The van der Waals surface area contributed by atoms with Gasteiger partial charge in [-0.2, -0.15) is 0 Å². The van der Waals surface area contributed by atoms with Crippen LogP contribution in [0.3, 0.4) is 0 Å². The van der Waals surface area contributed by atoms with E-state index < -0.39 is 41.1 Å². The average molecular weight is 433 g/mol. The lowest BCUT2D eigenvalue weighted by Crippen LogP contribution is -2.38. The van der Waals surface area contributed by atoms with Gasteiger partial charge in [-0.3, -0.25) is 4.79 Å². The van der Waals surface area contributed by atoms with Crippen molar-refractivity contribution in [1.29, 1.82) is 0 Å². The third-order valence-corrected chi connectivity index (χ3v) is 4.98. The lowest BCUT2D eigenvalue weighted by Gasteiger charge is -2.34. The molecule has 0 spiro atoms. The topological polar surface area (TPSA) is 46.6 Å². The van der Waals surface area contributed by atoms with Gasteiger partial charge in [0.15, 0.2) is 0 Å². The zero-order valence-electron chi connectivity index (χ0n) is 16.6. The standard InChI is InChI=1S/C23H19F4NO3/c1-3-6-31-23(30)22-13(2)28(12-14-7-16(25)9-17(26)8-14)21(29)11-19(22)18-5-4-15(24)10-20(18)27/h3-5,7-10,19H,1,6,11-12H2,2H3. The number of carbonyl (C=O) groups is 2. The molecule has 1 aliphatic rings. The number of nitrogens with zero attached hydrogens (tertiary/aromatic N) is 1. The molecule has 31 heavy (non-hydrogen) atoms. The highest BCUT2D eigenvalue weighted by molar-refractivity contribution is 5.96. The van der Waals surface area contributed by atoms with E-state index in [0.29, 0.717) is 12.1 Å². The summed E-state index contributed by atoms with van der Waals surface area (Å²) in [7, 11) is 0. The number of carbonyl (C=O) groups excluding carboxylic acids is 2. The Kier molecular flexibility index (Phi) is 6.58. The number of esters is 1. The van der Waals surface area contributed by atoms with Crippen molar-refractivity contribution in [2.24, 2.45) is 0 Å². The fourth-order valence-corrected chi connectivity index (χ4v) is 3.61. The quantitative estimate of drug-likeness (QED) is 0.375. The minimum atomic E-state index is -1.01. The summed E-state index contributed by atoms with van der Waals surface area (Å²) in [4.78, 5) is 26.8. The molecule has 0 bridgehead atoms. The summed E-state index contributed by atoms with van der Waals surface area (Å²) in [5, 5.41) is 0. The minimum absolute atomic E-state index is 0.00355. The summed E-state index contributed by atoms with van der Waals surface area (Å²) in [6.07, 6.45) is 1.04. The molecule has 1 aliphatic heterocycles. The molecule has 0 radical (unpaired) electrons. The highest BCUT2D eigenvalue weighted by Crippen LogP contribution is 2.39. The van der Waals surface area contributed by atoms with E-state index >= 15 is 0 Å². The molecule has 4 nitrogen and oxygen atoms in total. The second-order valence-electron chi connectivity index (χ2n) is 7.07. The lowest BCUT2D eigenvalue weighted by atomic mass is 9.83. The van der Waals surface area contributed by atoms with E-state index in [4.69, 9.17) is 4.74 Å². The van der Waals surface area contributed by atoms with Gasteiger partial charge >= 0.3 is 5.97 Å². The van der Waals surface area contributed by atoms with Crippen molar-refractivity contribution in [2.75, 3.05) is 6.61 Å². The number of hydrogen-bond acceptors (Lipinski definition) is 3. The fourth-order valence-electron chi connectivity index (χ4n) is 3.61. The zero-order chi connectivity index (χ0) is 22.7. The van der Waals surface area contributed by atoms with Crippen LogP contribution in [0.2, 0.25) is 0 Å². The predicted octanol–water partition coefficient (Wildman–Crippen LogP) is 4.76. The van der Waals surface area contributed by atoms with Crippen molar-refractivity contribution >= 4 is 11.9 Å². The molecule has 162 valence electrons.